The number of methoxy groups -OCH3 is 1. The third-order valence-corrected chi connectivity index (χ3v) is 7.50. The molecule has 4 N–H and O–H groups in total. The van der Waals surface area contributed by atoms with Crippen molar-refractivity contribution in [3.63, 3.8) is 0 Å². The van der Waals surface area contributed by atoms with Crippen LogP contribution >= 0.6 is 0 Å². The quantitative estimate of drug-likeness (QED) is 0.240. The number of carbonyl (C=O) groups is 2. The van der Waals surface area contributed by atoms with Crippen LogP contribution in [0, 0.1) is 12.7 Å². The number of hydrogen-bond donors (Lipinski definition) is 3. The summed E-state index contributed by atoms with van der Waals surface area (Å²) < 4.78 is 69.6. The highest BCUT2D eigenvalue weighted by atomic mass is 19.4. The van der Waals surface area contributed by atoms with Crippen molar-refractivity contribution in [2.24, 2.45) is 5.73 Å². The van der Waals surface area contributed by atoms with Crippen molar-refractivity contribution in [1.82, 2.24) is 25.1 Å². The fourth-order valence-electron chi connectivity index (χ4n) is 5.27. The number of primary amides is 1. The number of benzene rings is 2. The van der Waals surface area contributed by atoms with Crippen LogP contribution in [0.2, 0.25) is 0 Å². The molecule has 15 heteroatoms. The minimum absolute atomic E-state index is 0.0899. The summed E-state index contributed by atoms with van der Waals surface area (Å²) in [4.78, 5) is 32.7. The SMILES string of the molecule is COc1ccc(F)cc1C1(C)CC(CNc2nc(C)nc3c2cnn3-c2cccc(C(=O)N[C@H](C)C(N)=O)c2)(C(F)(F)F)O1. The number of alkyl halides is 3. The van der Waals surface area contributed by atoms with E-state index < -0.39 is 54.0 Å². The Morgan fingerprint density at radius 2 is 1.93 bits per heavy atom. The standard InChI is InChI=1S/C29H29F4N7O4/c1-15(23(34)41)37-26(42)17-6-5-7-19(10-17)40-25-20(12-36-40)24(38-16(2)39-25)35-14-28(29(31,32)33)13-27(3,44-28)21-11-18(30)8-9-22(21)43-4/h5-12,15H,13-14H2,1-4H3,(H2,34,41)(H,37,42)(H,35,38,39)/t15-,27?,28?/m1/s1. The maximum Gasteiger partial charge on any atom is 0.419 e. The van der Waals surface area contributed by atoms with Gasteiger partial charge < -0.3 is 25.8 Å². The van der Waals surface area contributed by atoms with Gasteiger partial charge in [0.1, 0.15) is 29.3 Å². The molecule has 1 fully saturated rings. The van der Waals surface area contributed by atoms with E-state index in [2.05, 4.69) is 25.7 Å². The predicted molar refractivity (Wildman–Crippen MR) is 151 cm³/mol. The lowest BCUT2D eigenvalue weighted by atomic mass is 9.75. The fourth-order valence-corrected chi connectivity index (χ4v) is 5.27. The summed E-state index contributed by atoms with van der Waals surface area (Å²) in [6.07, 6.45) is -3.90. The van der Waals surface area contributed by atoms with Crippen LogP contribution in [0.25, 0.3) is 16.7 Å². The third-order valence-electron chi connectivity index (χ3n) is 7.50. The molecule has 3 heterocycles. The number of amides is 2. The second-order valence-electron chi connectivity index (χ2n) is 10.8. The first-order valence-electron chi connectivity index (χ1n) is 13.4. The van der Waals surface area contributed by atoms with Crippen LogP contribution in [0.1, 0.15) is 42.0 Å². The van der Waals surface area contributed by atoms with Crippen molar-refractivity contribution < 1.29 is 36.6 Å². The Hall–Kier alpha value is -4.79. The molecule has 232 valence electrons. The van der Waals surface area contributed by atoms with E-state index in [9.17, 15) is 27.2 Å². The van der Waals surface area contributed by atoms with E-state index in [4.69, 9.17) is 15.2 Å². The number of anilines is 1. The molecule has 4 aromatic rings. The molecule has 0 saturated carbocycles. The molecule has 2 amide bonds. The number of nitrogens with two attached hydrogens (primary N) is 1. The van der Waals surface area contributed by atoms with Crippen LogP contribution in [-0.2, 0) is 15.1 Å². The van der Waals surface area contributed by atoms with Crippen molar-refractivity contribution in [2.45, 2.75) is 50.6 Å². The van der Waals surface area contributed by atoms with Gasteiger partial charge in [-0.25, -0.2) is 19.0 Å². The van der Waals surface area contributed by atoms with E-state index in [1.165, 1.54) is 50.0 Å². The van der Waals surface area contributed by atoms with Gasteiger partial charge in [0.05, 0.1) is 36.5 Å². The highest BCUT2D eigenvalue weighted by molar-refractivity contribution is 5.97. The van der Waals surface area contributed by atoms with Crippen molar-refractivity contribution >= 4 is 28.7 Å². The largest absolute Gasteiger partial charge is 0.496 e. The zero-order valence-electron chi connectivity index (χ0n) is 24.1. The number of rotatable bonds is 9. The smallest absolute Gasteiger partial charge is 0.419 e. The zero-order chi connectivity index (χ0) is 32.0. The Labute approximate surface area is 248 Å². The van der Waals surface area contributed by atoms with E-state index in [-0.39, 0.29) is 34.2 Å². The number of aromatic nitrogens is 4. The summed E-state index contributed by atoms with van der Waals surface area (Å²) in [5.74, 6) is -1.32. The Morgan fingerprint density at radius 3 is 2.59 bits per heavy atom. The molecule has 5 rings (SSSR count). The Morgan fingerprint density at radius 1 is 1.20 bits per heavy atom. The molecule has 11 nitrogen and oxygen atoms in total. The summed E-state index contributed by atoms with van der Waals surface area (Å²) in [5.41, 5.74) is 2.25. The lowest BCUT2D eigenvalue weighted by Crippen LogP contribution is -2.67. The maximum absolute atomic E-state index is 14.4. The molecular formula is C29H29F4N7O4. The van der Waals surface area contributed by atoms with Crippen LogP contribution < -0.4 is 21.1 Å². The van der Waals surface area contributed by atoms with Gasteiger partial charge in [-0.05, 0) is 57.2 Å². The zero-order valence-corrected chi connectivity index (χ0v) is 24.1. The summed E-state index contributed by atoms with van der Waals surface area (Å²) in [6, 6.07) is 9.02. The number of nitrogens with one attached hydrogen (secondary N) is 2. The first-order chi connectivity index (χ1) is 20.7. The average molecular weight is 616 g/mol. The number of fused-ring (bicyclic) bond motifs is 1. The first-order valence-corrected chi connectivity index (χ1v) is 13.4. The van der Waals surface area contributed by atoms with Gasteiger partial charge in [-0.1, -0.05) is 6.07 Å². The summed E-state index contributed by atoms with van der Waals surface area (Å²) in [5, 5.41) is 9.92. The third kappa shape index (κ3) is 5.50. The normalized spacial score (nSPS) is 20.5. The predicted octanol–water partition coefficient (Wildman–Crippen LogP) is 3.92. The molecule has 44 heavy (non-hydrogen) atoms. The van der Waals surface area contributed by atoms with Crippen LogP contribution in [0.5, 0.6) is 5.75 Å². The monoisotopic (exact) mass is 615 g/mol. The number of hydrogen-bond acceptors (Lipinski definition) is 8. The molecule has 1 aliphatic rings. The van der Waals surface area contributed by atoms with E-state index >= 15 is 0 Å². The molecule has 0 aliphatic carbocycles. The Bertz CT molecular complexity index is 1750. The van der Waals surface area contributed by atoms with Crippen molar-refractivity contribution in [2.75, 3.05) is 19.0 Å². The molecule has 2 aromatic heterocycles. The fraction of sp³-hybridized carbons (Fsp3) is 0.345. The van der Waals surface area contributed by atoms with E-state index in [0.717, 1.165) is 12.1 Å². The minimum Gasteiger partial charge on any atom is -0.496 e. The summed E-state index contributed by atoms with van der Waals surface area (Å²) in [6.45, 7) is 3.78. The molecule has 0 radical (unpaired) electrons. The first kappa shape index (κ1) is 30.7. The summed E-state index contributed by atoms with van der Waals surface area (Å²) in [7, 11) is 1.34. The molecule has 2 unspecified atom stereocenters. The number of aryl methyl sites for hydroxylation is 1. The van der Waals surface area contributed by atoms with E-state index in [1.54, 1.807) is 19.1 Å². The van der Waals surface area contributed by atoms with Crippen molar-refractivity contribution in [3.05, 3.63) is 71.4 Å². The molecule has 0 bridgehead atoms. The van der Waals surface area contributed by atoms with Gasteiger partial charge in [-0.3, -0.25) is 9.59 Å². The van der Waals surface area contributed by atoms with E-state index in [0.29, 0.717) is 11.1 Å². The second kappa shape index (κ2) is 11.0. The van der Waals surface area contributed by atoms with Crippen LogP contribution in [0.4, 0.5) is 23.4 Å². The average Bonchev–Trinajstić information content (AvgIpc) is 3.37. The van der Waals surface area contributed by atoms with Gasteiger partial charge in [0.2, 0.25) is 5.91 Å². The van der Waals surface area contributed by atoms with Gasteiger partial charge >= 0.3 is 6.18 Å². The van der Waals surface area contributed by atoms with Crippen LogP contribution in [0.3, 0.4) is 0 Å². The van der Waals surface area contributed by atoms with E-state index in [1.807, 2.05) is 0 Å². The van der Waals surface area contributed by atoms with Crippen LogP contribution in [0.15, 0.2) is 48.7 Å². The maximum atomic E-state index is 14.4. The molecule has 1 aliphatic heterocycles. The van der Waals surface area contributed by atoms with Gasteiger partial charge in [-0.2, -0.15) is 18.3 Å². The van der Waals surface area contributed by atoms with Gasteiger partial charge in [-0.15, -0.1) is 0 Å². The van der Waals surface area contributed by atoms with Crippen molar-refractivity contribution in [3.8, 4) is 11.4 Å². The molecule has 3 atom stereocenters. The minimum atomic E-state index is -4.78. The number of carbonyl (C=O) groups excluding carboxylic acids is 2. The van der Waals surface area contributed by atoms with Crippen molar-refractivity contribution in [1.29, 1.82) is 0 Å². The number of halogens is 4. The summed E-state index contributed by atoms with van der Waals surface area (Å²) >= 11 is 0. The second-order valence-corrected chi connectivity index (χ2v) is 10.8. The van der Waals surface area contributed by atoms with Crippen LogP contribution in [-0.4, -0.2) is 63.0 Å². The van der Waals surface area contributed by atoms with Gasteiger partial charge in [0.25, 0.3) is 5.91 Å². The van der Waals surface area contributed by atoms with Gasteiger partial charge in [0, 0.05) is 17.5 Å². The molecule has 0 spiro atoms. The lowest BCUT2D eigenvalue weighted by molar-refractivity contribution is -0.380. The molecular weight excluding hydrogens is 586 g/mol. The Balaban J connectivity index is 1.42. The van der Waals surface area contributed by atoms with Gasteiger partial charge in [0.15, 0.2) is 11.2 Å². The highest BCUT2D eigenvalue weighted by Crippen LogP contribution is 2.57. The lowest BCUT2D eigenvalue weighted by Gasteiger charge is -2.55. The number of ether oxygens (including phenoxy) is 2. The molecule has 1 saturated heterocycles. The Kier molecular flexibility index (Phi) is 7.70. The topological polar surface area (TPSA) is 146 Å². The number of nitrogens with zero attached hydrogens (tertiary/aromatic N) is 4. The highest BCUT2D eigenvalue weighted by Gasteiger charge is 2.68. The molecule has 2 aromatic carbocycles.